The summed E-state index contributed by atoms with van der Waals surface area (Å²) >= 11 is 0. The van der Waals surface area contributed by atoms with Crippen LogP contribution in [0.5, 0.6) is 0 Å². The van der Waals surface area contributed by atoms with E-state index in [1.165, 1.54) is 0 Å². The zero-order valence-corrected chi connectivity index (χ0v) is 17.0. The summed E-state index contributed by atoms with van der Waals surface area (Å²) in [6, 6.07) is 10.1. The molecule has 0 bridgehead atoms. The molecule has 4 atom stereocenters. The van der Waals surface area contributed by atoms with Crippen LogP contribution in [0, 0.1) is 23.2 Å². The van der Waals surface area contributed by atoms with Crippen molar-refractivity contribution in [2.24, 2.45) is 11.8 Å². The van der Waals surface area contributed by atoms with E-state index in [0.717, 1.165) is 24.2 Å². The molecule has 7 nitrogen and oxygen atoms in total. The van der Waals surface area contributed by atoms with Crippen molar-refractivity contribution in [1.82, 2.24) is 15.6 Å². The van der Waals surface area contributed by atoms with Crippen LogP contribution in [0.1, 0.15) is 12.5 Å². The minimum absolute atomic E-state index is 0. The molecule has 1 aliphatic carbocycles. The van der Waals surface area contributed by atoms with Gasteiger partial charge in [-0.25, -0.2) is 0 Å². The standard InChI is InChI=1S/C21H23N5O2.ClH/c1-12-10-26(17-5-4-13(7-22)19-14(17)3-2-6-24-19)11-18(28-12)21(27)25-20-15-8-23-9-16(15)20;/h2-6,12,15-16,18,20,23H,8-11H2,1H3,(H,25,27);1H. The van der Waals surface area contributed by atoms with E-state index in [1.54, 1.807) is 12.3 Å². The number of ether oxygens (including phenoxy) is 1. The Bertz CT molecular complexity index is 967. The summed E-state index contributed by atoms with van der Waals surface area (Å²) in [5.41, 5.74) is 2.24. The fourth-order valence-electron chi connectivity index (χ4n) is 4.71. The third-order valence-corrected chi connectivity index (χ3v) is 6.16. The van der Waals surface area contributed by atoms with Gasteiger partial charge in [0.05, 0.1) is 23.7 Å². The number of nitrogens with zero attached hydrogens (tertiary/aromatic N) is 3. The number of fused-ring (bicyclic) bond motifs is 2. The monoisotopic (exact) mass is 413 g/mol. The summed E-state index contributed by atoms with van der Waals surface area (Å²) < 4.78 is 5.97. The van der Waals surface area contributed by atoms with E-state index in [2.05, 4.69) is 26.6 Å². The second-order valence-electron chi connectivity index (χ2n) is 8.00. The Morgan fingerprint density at radius 1 is 1.31 bits per heavy atom. The van der Waals surface area contributed by atoms with Gasteiger partial charge in [0.15, 0.2) is 6.10 Å². The van der Waals surface area contributed by atoms with Crippen LogP contribution < -0.4 is 15.5 Å². The minimum Gasteiger partial charge on any atom is -0.365 e. The molecule has 0 radical (unpaired) electrons. The number of benzene rings is 1. The van der Waals surface area contributed by atoms with Gasteiger partial charge in [-0.3, -0.25) is 9.78 Å². The SMILES string of the molecule is CC1CN(c2ccc(C#N)c3ncccc23)CC(C(=O)NC2C3CNCC32)O1.Cl. The van der Waals surface area contributed by atoms with E-state index in [1.807, 2.05) is 25.1 Å². The maximum Gasteiger partial charge on any atom is 0.251 e. The van der Waals surface area contributed by atoms with Gasteiger partial charge in [0, 0.05) is 42.9 Å². The van der Waals surface area contributed by atoms with Crippen LogP contribution in [-0.2, 0) is 9.53 Å². The number of pyridine rings is 1. The molecule has 8 heteroatoms. The Labute approximate surface area is 175 Å². The number of hydrogen-bond acceptors (Lipinski definition) is 6. The number of carbonyl (C=O) groups excluding carboxylic acids is 1. The van der Waals surface area contributed by atoms with Crippen molar-refractivity contribution in [1.29, 1.82) is 5.26 Å². The summed E-state index contributed by atoms with van der Waals surface area (Å²) in [5, 5.41) is 16.8. The van der Waals surface area contributed by atoms with Crippen molar-refractivity contribution in [3.63, 3.8) is 0 Å². The second-order valence-corrected chi connectivity index (χ2v) is 8.00. The third kappa shape index (κ3) is 3.52. The first-order valence-corrected chi connectivity index (χ1v) is 9.85. The molecule has 2 aliphatic heterocycles. The zero-order chi connectivity index (χ0) is 19.3. The number of hydrogen-bond donors (Lipinski definition) is 2. The molecule has 152 valence electrons. The van der Waals surface area contributed by atoms with Crippen LogP contribution in [0.15, 0.2) is 30.5 Å². The lowest BCUT2D eigenvalue weighted by Crippen LogP contribution is -2.53. The Kier molecular flexibility index (Phi) is 5.34. The maximum absolute atomic E-state index is 12.8. The average Bonchev–Trinajstić information content (AvgIpc) is 3.12. The lowest BCUT2D eigenvalue weighted by Gasteiger charge is -2.38. The number of rotatable bonds is 3. The van der Waals surface area contributed by atoms with Gasteiger partial charge in [-0.15, -0.1) is 12.4 Å². The van der Waals surface area contributed by atoms with E-state index in [4.69, 9.17) is 4.74 Å². The number of nitriles is 1. The summed E-state index contributed by atoms with van der Waals surface area (Å²) in [5.74, 6) is 1.14. The van der Waals surface area contributed by atoms with Crippen molar-refractivity contribution < 1.29 is 9.53 Å². The van der Waals surface area contributed by atoms with Crippen LogP contribution in [0.4, 0.5) is 5.69 Å². The Balaban J connectivity index is 0.00000205. The van der Waals surface area contributed by atoms with Gasteiger partial charge in [0.25, 0.3) is 5.91 Å². The smallest absolute Gasteiger partial charge is 0.251 e. The number of amides is 1. The molecule has 1 aromatic carbocycles. The van der Waals surface area contributed by atoms with E-state index < -0.39 is 6.10 Å². The van der Waals surface area contributed by atoms with E-state index in [9.17, 15) is 10.1 Å². The van der Waals surface area contributed by atoms with Gasteiger partial charge in [-0.05, 0) is 43.0 Å². The lowest BCUT2D eigenvalue weighted by atomic mass is 10.1. The Morgan fingerprint density at radius 3 is 2.86 bits per heavy atom. The highest BCUT2D eigenvalue weighted by atomic mass is 35.5. The summed E-state index contributed by atoms with van der Waals surface area (Å²) in [7, 11) is 0. The second kappa shape index (κ2) is 7.79. The first-order valence-electron chi connectivity index (χ1n) is 9.85. The molecule has 3 fully saturated rings. The minimum atomic E-state index is -0.500. The molecule has 5 rings (SSSR count). The normalized spacial score (nSPS) is 30.2. The molecule has 0 spiro atoms. The molecule has 2 aromatic rings. The number of anilines is 1. The number of morpholine rings is 1. The molecular formula is C21H24ClN5O2. The fraction of sp³-hybridized carbons (Fsp3) is 0.476. The quantitative estimate of drug-likeness (QED) is 0.791. The molecule has 1 saturated carbocycles. The summed E-state index contributed by atoms with van der Waals surface area (Å²) in [6.45, 7) is 5.17. The first kappa shape index (κ1) is 19.9. The molecule has 1 amide bonds. The first-order chi connectivity index (χ1) is 13.7. The van der Waals surface area contributed by atoms with Gasteiger partial charge in [0.1, 0.15) is 6.07 Å². The van der Waals surface area contributed by atoms with E-state index in [-0.39, 0.29) is 24.4 Å². The van der Waals surface area contributed by atoms with Crippen LogP contribution in [0.25, 0.3) is 10.9 Å². The van der Waals surface area contributed by atoms with Crippen molar-refractivity contribution in [3.05, 3.63) is 36.0 Å². The number of nitrogens with one attached hydrogen (secondary N) is 2. The average molecular weight is 414 g/mol. The van der Waals surface area contributed by atoms with Crippen molar-refractivity contribution >= 4 is 34.9 Å². The molecule has 2 saturated heterocycles. The van der Waals surface area contributed by atoms with Gasteiger partial charge in [-0.1, -0.05) is 0 Å². The van der Waals surface area contributed by atoms with Crippen molar-refractivity contribution in [2.45, 2.75) is 25.2 Å². The summed E-state index contributed by atoms with van der Waals surface area (Å²) in [6.07, 6.45) is 1.14. The van der Waals surface area contributed by atoms with E-state index in [0.29, 0.717) is 42.0 Å². The highest BCUT2D eigenvalue weighted by molar-refractivity contribution is 5.95. The fourth-order valence-corrected chi connectivity index (χ4v) is 4.71. The predicted octanol–water partition coefficient (Wildman–Crippen LogP) is 1.46. The molecule has 1 aromatic heterocycles. The molecule has 29 heavy (non-hydrogen) atoms. The summed E-state index contributed by atoms with van der Waals surface area (Å²) in [4.78, 5) is 19.4. The highest BCUT2D eigenvalue weighted by Gasteiger charge is 2.54. The topological polar surface area (TPSA) is 90.3 Å². The maximum atomic E-state index is 12.8. The number of carbonyl (C=O) groups is 1. The predicted molar refractivity (Wildman–Crippen MR) is 112 cm³/mol. The lowest BCUT2D eigenvalue weighted by molar-refractivity contribution is -0.137. The van der Waals surface area contributed by atoms with Crippen LogP contribution >= 0.6 is 12.4 Å². The van der Waals surface area contributed by atoms with Crippen LogP contribution in [0.3, 0.4) is 0 Å². The Hall–Kier alpha value is -2.40. The van der Waals surface area contributed by atoms with E-state index >= 15 is 0 Å². The number of piperidine rings is 1. The molecule has 2 N–H and O–H groups in total. The number of halogens is 1. The number of aromatic nitrogens is 1. The van der Waals surface area contributed by atoms with Gasteiger partial charge >= 0.3 is 0 Å². The largest absolute Gasteiger partial charge is 0.365 e. The molecule has 3 aliphatic rings. The van der Waals surface area contributed by atoms with Crippen LogP contribution in [-0.4, -0.2) is 55.3 Å². The Morgan fingerprint density at radius 2 is 2.10 bits per heavy atom. The molecule has 4 unspecified atom stereocenters. The molecule has 3 heterocycles. The van der Waals surface area contributed by atoms with Crippen molar-refractivity contribution in [3.8, 4) is 6.07 Å². The van der Waals surface area contributed by atoms with Gasteiger partial charge < -0.3 is 20.3 Å². The van der Waals surface area contributed by atoms with Crippen molar-refractivity contribution in [2.75, 3.05) is 31.1 Å². The van der Waals surface area contributed by atoms with Gasteiger partial charge in [-0.2, -0.15) is 5.26 Å². The van der Waals surface area contributed by atoms with Crippen LogP contribution in [0.2, 0.25) is 0 Å². The molecular weight excluding hydrogens is 390 g/mol. The highest BCUT2D eigenvalue weighted by Crippen LogP contribution is 2.41. The third-order valence-electron chi connectivity index (χ3n) is 6.16. The zero-order valence-electron chi connectivity index (χ0n) is 16.2. The van der Waals surface area contributed by atoms with Gasteiger partial charge in [0.2, 0.25) is 0 Å².